The number of aromatic nitrogens is 3. The molecule has 37 heavy (non-hydrogen) atoms. The van der Waals surface area contributed by atoms with Crippen LogP contribution < -0.4 is 24.6 Å². The summed E-state index contributed by atoms with van der Waals surface area (Å²) < 4.78 is 11.0. The number of anilines is 4. The van der Waals surface area contributed by atoms with Crippen molar-refractivity contribution in [1.82, 2.24) is 15.0 Å². The molecule has 2 aromatic heterocycles. The van der Waals surface area contributed by atoms with Crippen LogP contribution in [0, 0.1) is 20.8 Å². The number of benzene rings is 2. The quantitative estimate of drug-likeness (QED) is 0.349. The van der Waals surface area contributed by atoms with Crippen molar-refractivity contribution in [3.8, 4) is 11.5 Å². The minimum Gasteiger partial charge on any atom is -0.496 e. The summed E-state index contributed by atoms with van der Waals surface area (Å²) in [5.41, 5.74) is 5.87. The normalized spacial score (nSPS) is 13.7. The highest BCUT2D eigenvalue weighted by Gasteiger charge is 2.23. The fraction of sp³-hybridized carbons (Fsp3) is 0.321. The number of ether oxygens (including phenoxy) is 2. The first-order valence-corrected chi connectivity index (χ1v) is 12.6. The van der Waals surface area contributed by atoms with E-state index < -0.39 is 0 Å². The second-order valence-corrected chi connectivity index (χ2v) is 9.61. The molecule has 1 fully saturated rings. The van der Waals surface area contributed by atoms with Gasteiger partial charge in [0.05, 0.1) is 19.7 Å². The van der Waals surface area contributed by atoms with Gasteiger partial charge in [-0.15, -0.1) is 0 Å². The van der Waals surface area contributed by atoms with Gasteiger partial charge in [-0.05, 0) is 45.0 Å². The van der Waals surface area contributed by atoms with Crippen molar-refractivity contribution >= 4 is 45.6 Å². The van der Waals surface area contributed by atoms with Gasteiger partial charge in [0.15, 0.2) is 0 Å². The molecule has 9 heteroatoms. The molecule has 0 saturated carbocycles. The molecular weight excluding hydrogens is 488 g/mol. The highest BCUT2D eigenvalue weighted by atomic mass is 35.5. The standard InChI is InChI=1S/C28H31ClN6O2/c1-17-19(3)31-28(32-21-15-25(36-4)18(2)26(16-21)37-5)33-27(17)35-12-10-34(11-13-35)24-8-9-30-23-14-20(29)6-7-22(23)24/h6-9,14-16H,10-13H2,1-5H3,(H,31,32,33). The van der Waals surface area contributed by atoms with Crippen LogP contribution in [0.3, 0.4) is 0 Å². The summed E-state index contributed by atoms with van der Waals surface area (Å²) in [5.74, 6) is 2.98. The predicted molar refractivity (Wildman–Crippen MR) is 150 cm³/mol. The SMILES string of the molecule is COc1cc(Nc2nc(C)c(C)c(N3CCN(c4ccnc5cc(Cl)ccc45)CC3)n2)cc(OC)c1C. The van der Waals surface area contributed by atoms with Crippen LogP contribution >= 0.6 is 11.6 Å². The van der Waals surface area contributed by atoms with E-state index in [1.807, 2.05) is 44.3 Å². The summed E-state index contributed by atoms with van der Waals surface area (Å²) in [6, 6.07) is 11.8. The van der Waals surface area contributed by atoms with Crippen molar-refractivity contribution in [2.24, 2.45) is 0 Å². The number of piperazine rings is 1. The number of fused-ring (bicyclic) bond motifs is 1. The number of aryl methyl sites for hydroxylation is 1. The molecule has 0 bridgehead atoms. The van der Waals surface area contributed by atoms with E-state index in [2.05, 4.69) is 39.2 Å². The van der Waals surface area contributed by atoms with Crippen LogP contribution in [-0.4, -0.2) is 55.4 Å². The monoisotopic (exact) mass is 518 g/mol. The zero-order valence-corrected chi connectivity index (χ0v) is 22.6. The first-order valence-electron chi connectivity index (χ1n) is 12.3. The number of nitrogens with one attached hydrogen (secondary N) is 1. The summed E-state index contributed by atoms with van der Waals surface area (Å²) in [6.45, 7) is 9.51. The Balaban J connectivity index is 1.37. The van der Waals surface area contributed by atoms with Crippen molar-refractivity contribution in [2.45, 2.75) is 20.8 Å². The van der Waals surface area contributed by atoms with E-state index in [-0.39, 0.29) is 0 Å². The Morgan fingerprint density at radius 1 is 0.838 bits per heavy atom. The molecule has 8 nitrogen and oxygen atoms in total. The number of pyridine rings is 1. The average molecular weight is 519 g/mol. The number of nitrogens with zero attached hydrogens (tertiary/aromatic N) is 5. The lowest BCUT2D eigenvalue weighted by atomic mass is 10.1. The number of hydrogen-bond acceptors (Lipinski definition) is 8. The number of halogens is 1. The Bertz CT molecular complexity index is 1430. The number of rotatable bonds is 6. The Labute approximate surface area is 222 Å². The molecule has 0 amide bonds. The molecule has 5 rings (SSSR count). The zero-order valence-electron chi connectivity index (χ0n) is 21.8. The van der Waals surface area contributed by atoms with Gasteiger partial charge in [0, 0.05) is 83.1 Å². The van der Waals surface area contributed by atoms with Crippen molar-refractivity contribution in [1.29, 1.82) is 0 Å². The average Bonchev–Trinajstić information content (AvgIpc) is 2.91. The lowest BCUT2D eigenvalue weighted by Crippen LogP contribution is -2.47. The smallest absolute Gasteiger partial charge is 0.229 e. The highest BCUT2D eigenvalue weighted by Crippen LogP contribution is 2.34. The molecular formula is C28H31ClN6O2. The topological polar surface area (TPSA) is 75.6 Å². The Hall–Kier alpha value is -3.78. The zero-order chi connectivity index (χ0) is 26.1. The van der Waals surface area contributed by atoms with Crippen LogP contribution in [0.15, 0.2) is 42.6 Å². The Morgan fingerprint density at radius 2 is 1.51 bits per heavy atom. The maximum atomic E-state index is 6.18. The molecule has 2 aromatic carbocycles. The van der Waals surface area contributed by atoms with E-state index >= 15 is 0 Å². The maximum absolute atomic E-state index is 6.18. The summed E-state index contributed by atoms with van der Waals surface area (Å²) in [7, 11) is 3.31. The van der Waals surface area contributed by atoms with Gasteiger partial charge in [0.2, 0.25) is 5.95 Å². The van der Waals surface area contributed by atoms with Crippen LogP contribution in [0.5, 0.6) is 11.5 Å². The molecule has 192 valence electrons. The number of methoxy groups -OCH3 is 2. The summed E-state index contributed by atoms with van der Waals surface area (Å²) in [4.78, 5) is 18.9. The molecule has 0 unspecified atom stereocenters. The van der Waals surface area contributed by atoms with Crippen molar-refractivity contribution < 1.29 is 9.47 Å². The minimum absolute atomic E-state index is 0.547. The van der Waals surface area contributed by atoms with E-state index in [9.17, 15) is 0 Å². The van der Waals surface area contributed by atoms with Gasteiger partial charge < -0.3 is 24.6 Å². The highest BCUT2D eigenvalue weighted by molar-refractivity contribution is 6.31. The number of hydrogen-bond donors (Lipinski definition) is 1. The summed E-state index contributed by atoms with van der Waals surface area (Å²) in [5, 5.41) is 5.16. The Morgan fingerprint density at radius 3 is 2.19 bits per heavy atom. The van der Waals surface area contributed by atoms with Crippen LogP contribution in [0.4, 0.5) is 23.1 Å². The molecule has 0 atom stereocenters. The second kappa shape index (κ2) is 10.3. The molecule has 4 aromatic rings. The van der Waals surface area contributed by atoms with Gasteiger partial charge in [-0.2, -0.15) is 4.98 Å². The van der Waals surface area contributed by atoms with E-state index in [1.165, 1.54) is 5.69 Å². The van der Waals surface area contributed by atoms with Gasteiger partial charge in [-0.3, -0.25) is 4.98 Å². The van der Waals surface area contributed by atoms with Crippen molar-refractivity contribution in [2.75, 3.05) is 55.5 Å². The molecule has 0 radical (unpaired) electrons. The maximum Gasteiger partial charge on any atom is 0.229 e. The second-order valence-electron chi connectivity index (χ2n) is 9.18. The largest absolute Gasteiger partial charge is 0.496 e. The molecule has 1 saturated heterocycles. The van der Waals surface area contributed by atoms with E-state index in [4.69, 9.17) is 31.0 Å². The molecule has 1 aliphatic rings. The molecule has 0 aliphatic carbocycles. The van der Waals surface area contributed by atoms with Crippen LogP contribution in [0.1, 0.15) is 16.8 Å². The summed E-state index contributed by atoms with van der Waals surface area (Å²) in [6.07, 6.45) is 1.85. The lowest BCUT2D eigenvalue weighted by molar-refractivity contribution is 0.389. The van der Waals surface area contributed by atoms with Crippen LogP contribution in [0.2, 0.25) is 5.02 Å². The first-order chi connectivity index (χ1) is 17.9. The van der Waals surface area contributed by atoms with Crippen molar-refractivity contribution in [3.63, 3.8) is 0 Å². The molecule has 0 spiro atoms. The van der Waals surface area contributed by atoms with Gasteiger partial charge in [-0.25, -0.2) is 4.98 Å². The molecule has 3 heterocycles. The van der Waals surface area contributed by atoms with Crippen LogP contribution in [0.25, 0.3) is 10.9 Å². The minimum atomic E-state index is 0.547. The third kappa shape index (κ3) is 4.93. The third-order valence-corrected chi connectivity index (χ3v) is 7.21. The van der Waals surface area contributed by atoms with Crippen LogP contribution in [-0.2, 0) is 0 Å². The van der Waals surface area contributed by atoms with E-state index in [1.54, 1.807) is 14.2 Å². The fourth-order valence-electron chi connectivity index (χ4n) is 4.81. The summed E-state index contributed by atoms with van der Waals surface area (Å²) >= 11 is 6.18. The lowest BCUT2D eigenvalue weighted by Gasteiger charge is -2.37. The van der Waals surface area contributed by atoms with Gasteiger partial charge in [0.25, 0.3) is 0 Å². The van der Waals surface area contributed by atoms with E-state index in [0.29, 0.717) is 11.0 Å². The molecule has 1 aliphatic heterocycles. The predicted octanol–water partition coefficient (Wildman–Crippen LogP) is 5.69. The molecule has 1 N–H and O–H groups in total. The van der Waals surface area contributed by atoms with E-state index in [0.717, 1.165) is 76.9 Å². The Kier molecular flexibility index (Phi) is 6.93. The van der Waals surface area contributed by atoms with Gasteiger partial charge in [0.1, 0.15) is 17.3 Å². The van der Waals surface area contributed by atoms with Crippen molar-refractivity contribution in [3.05, 3.63) is 64.4 Å². The van der Waals surface area contributed by atoms with Gasteiger partial charge in [-0.1, -0.05) is 11.6 Å². The first kappa shape index (κ1) is 24.9. The fourth-order valence-corrected chi connectivity index (χ4v) is 4.97. The van der Waals surface area contributed by atoms with Gasteiger partial charge >= 0.3 is 0 Å². The third-order valence-electron chi connectivity index (χ3n) is 6.97.